The fourth-order valence-corrected chi connectivity index (χ4v) is 1.46. The molecule has 0 spiro atoms. The maximum absolute atomic E-state index is 13.3. The van der Waals surface area contributed by atoms with Gasteiger partial charge in [0.05, 0.1) is 5.56 Å². The van der Waals surface area contributed by atoms with Gasteiger partial charge in [0.15, 0.2) is 5.78 Å². The zero-order valence-electron chi connectivity index (χ0n) is 9.94. The van der Waals surface area contributed by atoms with Gasteiger partial charge < -0.3 is 10.4 Å². The standard InChI is InChI=1S/C12H11F2NO4/c1-6(16)15-10(12(18)19)5-11(17)8-3-2-7(13)4-9(8)14/h2-4,10H,5H2,1H3,(H,15,16)(H,18,19). The van der Waals surface area contributed by atoms with Crippen LogP contribution in [-0.2, 0) is 9.59 Å². The van der Waals surface area contributed by atoms with Crippen molar-refractivity contribution in [2.45, 2.75) is 19.4 Å². The van der Waals surface area contributed by atoms with Crippen molar-refractivity contribution in [2.75, 3.05) is 0 Å². The number of Topliss-reactive ketones (excluding diaryl/α,β-unsaturated/α-hetero) is 1. The highest BCUT2D eigenvalue weighted by Gasteiger charge is 2.24. The number of amides is 1. The van der Waals surface area contributed by atoms with Crippen LogP contribution in [0.3, 0.4) is 0 Å². The summed E-state index contributed by atoms with van der Waals surface area (Å²) in [6.07, 6.45) is -0.614. The SMILES string of the molecule is CC(=O)NC(CC(=O)c1ccc(F)cc1F)C(=O)O. The highest BCUT2D eigenvalue weighted by molar-refractivity contribution is 5.99. The van der Waals surface area contributed by atoms with Gasteiger partial charge in [0.1, 0.15) is 17.7 Å². The number of hydrogen-bond donors (Lipinski definition) is 2. The number of aliphatic carboxylic acids is 1. The molecule has 0 heterocycles. The van der Waals surface area contributed by atoms with E-state index in [0.717, 1.165) is 19.1 Å². The van der Waals surface area contributed by atoms with Crippen molar-refractivity contribution < 1.29 is 28.3 Å². The van der Waals surface area contributed by atoms with Crippen LogP contribution < -0.4 is 5.32 Å². The second-order valence-electron chi connectivity index (χ2n) is 3.84. The number of carboxylic acid groups (broad SMARTS) is 1. The third-order valence-electron chi connectivity index (χ3n) is 2.30. The largest absolute Gasteiger partial charge is 0.480 e. The van der Waals surface area contributed by atoms with Crippen molar-refractivity contribution in [3.05, 3.63) is 35.4 Å². The first-order valence-corrected chi connectivity index (χ1v) is 5.29. The predicted molar refractivity (Wildman–Crippen MR) is 60.5 cm³/mol. The Bertz CT molecular complexity index is 530. The van der Waals surface area contributed by atoms with E-state index in [9.17, 15) is 23.2 Å². The number of carbonyl (C=O) groups is 3. The highest BCUT2D eigenvalue weighted by atomic mass is 19.1. The first-order chi connectivity index (χ1) is 8.81. The van der Waals surface area contributed by atoms with E-state index >= 15 is 0 Å². The molecular formula is C12H11F2NO4. The number of carbonyl (C=O) groups excluding carboxylic acids is 2. The van der Waals surface area contributed by atoms with Crippen LogP contribution in [0.1, 0.15) is 23.7 Å². The molecular weight excluding hydrogens is 260 g/mol. The molecule has 0 aliphatic rings. The maximum Gasteiger partial charge on any atom is 0.326 e. The number of nitrogens with one attached hydrogen (secondary N) is 1. The van der Waals surface area contributed by atoms with Crippen LogP contribution in [0.25, 0.3) is 0 Å². The van der Waals surface area contributed by atoms with Crippen molar-refractivity contribution in [3.8, 4) is 0 Å². The monoisotopic (exact) mass is 271 g/mol. The zero-order chi connectivity index (χ0) is 14.6. The van der Waals surface area contributed by atoms with Gasteiger partial charge in [-0.25, -0.2) is 13.6 Å². The molecule has 0 saturated heterocycles. The van der Waals surface area contributed by atoms with Crippen molar-refractivity contribution in [1.82, 2.24) is 5.32 Å². The van der Waals surface area contributed by atoms with E-state index in [1.54, 1.807) is 0 Å². The first kappa shape index (κ1) is 14.7. The lowest BCUT2D eigenvalue weighted by molar-refractivity contribution is -0.141. The summed E-state index contributed by atoms with van der Waals surface area (Å²) in [5.41, 5.74) is -0.419. The summed E-state index contributed by atoms with van der Waals surface area (Å²) in [5.74, 6) is -4.79. The average molecular weight is 271 g/mol. The highest BCUT2D eigenvalue weighted by Crippen LogP contribution is 2.13. The third-order valence-corrected chi connectivity index (χ3v) is 2.30. The van der Waals surface area contributed by atoms with Gasteiger partial charge in [-0.2, -0.15) is 0 Å². The Labute approximate surface area is 107 Å². The number of benzene rings is 1. The first-order valence-electron chi connectivity index (χ1n) is 5.29. The maximum atomic E-state index is 13.3. The van der Waals surface area contributed by atoms with Crippen LogP contribution >= 0.6 is 0 Å². The molecule has 1 atom stereocenters. The summed E-state index contributed by atoms with van der Waals surface area (Å²) in [7, 11) is 0. The smallest absolute Gasteiger partial charge is 0.326 e. The Morgan fingerprint density at radius 3 is 2.42 bits per heavy atom. The second kappa shape index (κ2) is 6.03. The second-order valence-corrected chi connectivity index (χ2v) is 3.84. The Morgan fingerprint density at radius 1 is 1.32 bits per heavy atom. The summed E-state index contributed by atoms with van der Waals surface area (Å²) < 4.78 is 26.0. The molecule has 0 saturated carbocycles. The molecule has 1 unspecified atom stereocenters. The number of carboxylic acids is 1. The van der Waals surface area contributed by atoms with Gasteiger partial charge in [0, 0.05) is 19.4 Å². The lowest BCUT2D eigenvalue weighted by Gasteiger charge is -2.12. The topological polar surface area (TPSA) is 83.5 Å². The molecule has 7 heteroatoms. The molecule has 1 rings (SSSR count). The fourth-order valence-electron chi connectivity index (χ4n) is 1.46. The van der Waals surface area contributed by atoms with Gasteiger partial charge in [0.2, 0.25) is 5.91 Å². The van der Waals surface area contributed by atoms with Crippen LogP contribution in [0.15, 0.2) is 18.2 Å². The van der Waals surface area contributed by atoms with E-state index in [4.69, 9.17) is 5.11 Å². The Morgan fingerprint density at radius 2 is 1.95 bits per heavy atom. The summed E-state index contributed by atoms with van der Waals surface area (Å²) in [4.78, 5) is 33.3. The van der Waals surface area contributed by atoms with Crippen molar-refractivity contribution in [2.24, 2.45) is 0 Å². The number of hydrogen-bond acceptors (Lipinski definition) is 3. The number of halogens is 2. The molecule has 1 amide bonds. The minimum Gasteiger partial charge on any atom is -0.480 e. The van der Waals surface area contributed by atoms with Crippen LogP contribution in [0.5, 0.6) is 0 Å². The molecule has 1 aromatic rings. The number of rotatable bonds is 5. The van der Waals surface area contributed by atoms with Crippen molar-refractivity contribution >= 4 is 17.7 Å². The average Bonchev–Trinajstić information content (AvgIpc) is 2.26. The van der Waals surface area contributed by atoms with Crippen molar-refractivity contribution in [1.29, 1.82) is 0 Å². The predicted octanol–water partition coefficient (Wildman–Crippen LogP) is 1.13. The molecule has 0 aromatic heterocycles. The normalized spacial score (nSPS) is 11.7. The molecule has 0 aliphatic heterocycles. The Hall–Kier alpha value is -2.31. The van der Waals surface area contributed by atoms with E-state index < -0.39 is 47.3 Å². The molecule has 0 fully saturated rings. The van der Waals surface area contributed by atoms with Gasteiger partial charge in [-0.15, -0.1) is 0 Å². The van der Waals surface area contributed by atoms with Gasteiger partial charge in [-0.3, -0.25) is 9.59 Å². The van der Waals surface area contributed by atoms with Crippen LogP contribution in [0.2, 0.25) is 0 Å². The summed E-state index contributed by atoms with van der Waals surface area (Å²) >= 11 is 0. The van der Waals surface area contributed by atoms with E-state index in [1.165, 1.54) is 0 Å². The quantitative estimate of drug-likeness (QED) is 0.786. The van der Waals surface area contributed by atoms with Gasteiger partial charge in [0.25, 0.3) is 0 Å². The molecule has 0 aliphatic carbocycles. The minimum atomic E-state index is -1.45. The zero-order valence-corrected chi connectivity index (χ0v) is 9.94. The third kappa shape index (κ3) is 4.13. The lowest BCUT2D eigenvalue weighted by atomic mass is 10.0. The summed E-state index contributed by atoms with van der Waals surface area (Å²) in [6, 6.07) is 0.903. The van der Waals surface area contributed by atoms with Crippen LogP contribution in [0, 0.1) is 11.6 Å². The summed E-state index contributed by atoms with van der Waals surface area (Å²) in [5, 5.41) is 10.9. The molecule has 19 heavy (non-hydrogen) atoms. The van der Waals surface area contributed by atoms with Gasteiger partial charge in [-0.1, -0.05) is 0 Å². The molecule has 2 N–H and O–H groups in total. The van der Waals surface area contributed by atoms with E-state index in [2.05, 4.69) is 5.32 Å². The van der Waals surface area contributed by atoms with Crippen molar-refractivity contribution in [3.63, 3.8) is 0 Å². The van der Waals surface area contributed by atoms with E-state index in [0.29, 0.717) is 6.07 Å². The molecule has 1 aromatic carbocycles. The fraction of sp³-hybridized carbons (Fsp3) is 0.250. The number of ketones is 1. The summed E-state index contributed by atoms with van der Waals surface area (Å²) in [6.45, 7) is 1.10. The van der Waals surface area contributed by atoms with Crippen LogP contribution in [0.4, 0.5) is 8.78 Å². The van der Waals surface area contributed by atoms with Crippen LogP contribution in [-0.4, -0.2) is 28.8 Å². The molecule has 0 bridgehead atoms. The molecule has 5 nitrogen and oxygen atoms in total. The molecule has 0 radical (unpaired) electrons. The van der Waals surface area contributed by atoms with E-state index in [1.807, 2.05) is 0 Å². The van der Waals surface area contributed by atoms with E-state index in [-0.39, 0.29) is 0 Å². The Balaban J connectivity index is 2.87. The van der Waals surface area contributed by atoms with Gasteiger partial charge >= 0.3 is 5.97 Å². The van der Waals surface area contributed by atoms with Gasteiger partial charge in [-0.05, 0) is 12.1 Å². The molecule has 102 valence electrons. The Kier molecular flexibility index (Phi) is 4.68. The lowest BCUT2D eigenvalue weighted by Crippen LogP contribution is -2.41. The minimum absolute atomic E-state index is 0.419.